The zero-order chi connectivity index (χ0) is 16.2. The average molecular weight is 303 g/mol. The minimum atomic E-state index is 0.329. The van der Waals surface area contributed by atoms with Crippen molar-refractivity contribution in [3.63, 3.8) is 0 Å². The molecule has 1 atom stereocenters. The number of aryl methyl sites for hydroxylation is 1. The molecule has 2 heteroatoms. The van der Waals surface area contributed by atoms with Crippen molar-refractivity contribution in [2.75, 3.05) is 0 Å². The third-order valence-corrected chi connectivity index (χ3v) is 4.14. The second kappa shape index (κ2) is 6.66. The van der Waals surface area contributed by atoms with Crippen molar-refractivity contribution in [3.8, 4) is 17.0 Å². The fourth-order valence-electron chi connectivity index (χ4n) is 2.83. The third kappa shape index (κ3) is 3.78. The fraction of sp³-hybridized carbons (Fsp3) is 0.190. The summed E-state index contributed by atoms with van der Waals surface area (Å²) >= 11 is 0. The summed E-state index contributed by atoms with van der Waals surface area (Å²) in [4.78, 5) is 4.43. The van der Waals surface area contributed by atoms with E-state index in [1.807, 2.05) is 24.4 Å². The smallest absolute Gasteiger partial charge is 0.115 e. The number of phenolic OH excluding ortho intramolecular Hbond substituents is 1. The molecule has 0 saturated carbocycles. The Morgan fingerprint density at radius 1 is 1.00 bits per heavy atom. The van der Waals surface area contributed by atoms with Crippen molar-refractivity contribution >= 4 is 0 Å². The van der Waals surface area contributed by atoms with Gasteiger partial charge in [0.25, 0.3) is 0 Å². The molecule has 116 valence electrons. The Morgan fingerprint density at radius 2 is 1.78 bits per heavy atom. The summed E-state index contributed by atoms with van der Waals surface area (Å²) in [6, 6.07) is 20.2. The lowest BCUT2D eigenvalue weighted by Crippen LogP contribution is -1.98. The maximum Gasteiger partial charge on any atom is 0.115 e. The lowest BCUT2D eigenvalue weighted by molar-refractivity contribution is 0.474. The Morgan fingerprint density at radius 3 is 2.48 bits per heavy atom. The van der Waals surface area contributed by atoms with E-state index in [4.69, 9.17) is 0 Å². The minimum Gasteiger partial charge on any atom is -0.508 e. The van der Waals surface area contributed by atoms with Gasteiger partial charge in [-0.1, -0.05) is 43.3 Å². The van der Waals surface area contributed by atoms with Crippen LogP contribution < -0.4 is 0 Å². The number of phenols is 1. The van der Waals surface area contributed by atoms with Crippen LogP contribution in [0.1, 0.15) is 29.5 Å². The molecule has 1 heterocycles. The maximum atomic E-state index is 9.57. The van der Waals surface area contributed by atoms with Gasteiger partial charge < -0.3 is 5.11 Å². The van der Waals surface area contributed by atoms with E-state index in [1.54, 1.807) is 6.07 Å². The van der Waals surface area contributed by atoms with E-state index in [9.17, 15) is 5.11 Å². The van der Waals surface area contributed by atoms with Crippen molar-refractivity contribution in [1.29, 1.82) is 0 Å². The van der Waals surface area contributed by atoms with Gasteiger partial charge in [0.15, 0.2) is 0 Å². The molecule has 2 aromatic carbocycles. The van der Waals surface area contributed by atoms with Gasteiger partial charge in [0.05, 0.1) is 5.69 Å². The van der Waals surface area contributed by atoms with E-state index in [2.05, 4.69) is 55.2 Å². The van der Waals surface area contributed by atoms with E-state index >= 15 is 0 Å². The zero-order valence-corrected chi connectivity index (χ0v) is 13.5. The predicted octanol–water partition coefficient (Wildman–Crippen LogP) is 5.11. The standard InChI is InChI=1S/C21H21NO/c1-15-10-11-22-21(12-15)19-8-6-18(7-9-19)16(2)13-17-4-3-5-20(23)14-17/h3-12,14,16,23H,13H2,1-2H3. The molecule has 1 aromatic heterocycles. The highest BCUT2D eigenvalue weighted by molar-refractivity contribution is 5.60. The van der Waals surface area contributed by atoms with E-state index < -0.39 is 0 Å². The average Bonchev–Trinajstić information content (AvgIpc) is 2.55. The minimum absolute atomic E-state index is 0.329. The Bertz CT molecular complexity index is 793. The number of aromatic hydroxyl groups is 1. The number of hydrogen-bond acceptors (Lipinski definition) is 2. The molecule has 0 aliphatic rings. The monoisotopic (exact) mass is 303 g/mol. The van der Waals surface area contributed by atoms with Crippen LogP contribution in [0, 0.1) is 6.92 Å². The second-order valence-electron chi connectivity index (χ2n) is 6.12. The number of benzene rings is 2. The van der Waals surface area contributed by atoms with E-state index in [0.29, 0.717) is 11.7 Å². The molecule has 0 spiro atoms. The number of rotatable bonds is 4. The molecule has 0 saturated heterocycles. The van der Waals surface area contributed by atoms with Crippen molar-refractivity contribution in [2.24, 2.45) is 0 Å². The molecule has 3 aromatic rings. The number of aromatic nitrogens is 1. The summed E-state index contributed by atoms with van der Waals surface area (Å²) in [5, 5.41) is 9.57. The van der Waals surface area contributed by atoms with E-state index in [0.717, 1.165) is 23.2 Å². The van der Waals surface area contributed by atoms with Gasteiger partial charge in [0.1, 0.15) is 5.75 Å². The van der Waals surface area contributed by atoms with Crippen LogP contribution in [-0.4, -0.2) is 10.1 Å². The summed E-state index contributed by atoms with van der Waals surface area (Å²) in [6.45, 7) is 4.29. The Balaban J connectivity index is 1.76. The summed E-state index contributed by atoms with van der Waals surface area (Å²) in [5.74, 6) is 0.729. The van der Waals surface area contributed by atoms with Gasteiger partial charge in [-0.3, -0.25) is 4.98 Å². The van der Waals surface area contributed by atoms with Crippen molar-refractivity contribution in [3.05, 3.63) is 83.6 Å². The molecule has 23 heavy (non-hydrogen) atoms. The molecule has 0 radical (unpaired) electrons. The zero-order valence-electron chi connectivity index (χ0n) is 13.5. The Hall–Kier alpha value is -2.61. The second-order valence-corrected chi connectivity index (χ2v) is 6.12. The van der Waals surface area contributed by atoms with Gasteiger partial charge in [-0.05, 0) is 60.2 Å². The van der Waals surface area contributed by atoms with Crippen LogP contribution in [0.2, 0.25) is 0 Å². The van der Waals surface area contributed by atoms with Crippen molar-refractivity contribution < 1.29 is 5.11 Å². The van der Waals surface area contributed by atoms with Gasteiger partial charge in [-0.15, -0.1) is 0 Å². The van der Waals surface area contributed by atoms with Crippen LogP contribution >= 0.6 is 0 Å². The molecule has 0 aliphatic heterocycles. The van der Waals surface area contributed by atoms with Crippen LogP contribution in [-0.2, 0) is 6.42 Å². The number of pyridine rings is 1. The molecular formula is C21H21NO. The summed E-state index contributed by atoms with van der Waals surface area (Å²) < 4.78 is 0. The highest BCUT2D eigenvalue weighted by atomic mass is 16.3. The molecule has 0 fully saturated rings. The summed E-state index contributed by atoms with van der Waals surface area (Å²) in [7, 11) is 0. The molecule has 0 aliphatic carbocycles. The largest absolute Gasteiger partial charge is 0.508 e. The molecule has 1 unspecified atom stereocenters. The first kappa shape index (κ1) is 15.3. The first-order chi connectivity index (χ1) is 11.1. The van der Waals surface area contributed by atoms with Gasteiger partial charge in [-0.2, -0.15) is 0 Å². The number of nitrogens with zero attached hydrogens (tertiary/aromatic N) is 1. The van der Waals surface area contributed by atoms with Gasteiger partial charge >= 0.3 is 0 Å². The molecule has 1 N–H and O–H groups in total. The van der Waals surface area contributed by atoms with Crippen molar-refractivity contribution in [1.82, 2.24) is 4.98 Å². The van der Waals surface area contributed by atoms with Gasteiger partial charge in [0.2, 0.25) is 0 Å². The van der Waals surface area contributed by atoms with Crippen LogP contribution in [0.3, 0.4) is 0 Å². The van der Waals surface area contributed by atoms with Crippen LogP contribution in [0.25, 0.3) is 11.3 Å². The SMILES string of the molecule is Cc1ccnc(-c2ccc(C(C)Cc3cccc(O)c3)cc2)c1. The molecule has 0 amide bonds. The lowest BCUT2D eigenvalue weighted by atomic mass is 9.92. The highest BCUT2D eigenvalue weighted by Gasteiger charge is 2.08. The molecule has 2 nitrogen and oxygen atoms in total. The fourth-order valence-corrected chi connectivity index (χ4v) is 2.83. The van der Waals surface area contributed by atoms with Gasteiger partial charge in [0, 0.05) is 11.8 Å². The summed E-state index contributed by atoms with van der Waals surface area (Å²) in [6.07, 6.45) is 2.76. The van der Waals surface area contributed by atoms with E-state index in [1.165, 1.54) is 11.1 Å². The van der Waals surface area contributed by atoms with E-state index in [-0.39, 0.29) is 0 Å². The summed E-state index contributed by atoms with van der Waals surface area (Å²) in [5.41, 5.74) is 5.82. The lowest BCUT2D eigenvalue weighted by Gasteiger charge is -2.13. The van der Waals surface area contributed by atoms with Gasteiger partial charge in [-0.25, -0.2) is 0 Å². The van der Waals surface area contributed by atoms with Crippen LogP contribution in [0.15, 0.2) is 66.9 Å². The maximum absolute atomic E-state index is 9.57. The third-order valence-electron chi connectivity index (χ3n) is 4.14. The normalized spacial score (nSPS) is 12.1. The first-order valence-corrected chi connectivity index (χ1v) is 7.93. The predicted molar refractivity (Wildman–Crippen MR) is 94.6 cm³/mol. The molecule has 3 rings (SSSR count). The Kier molecular flexibility index (Phi) is 4.42. The highest BCUT2D eigenvalue weighted by Crippen LogP contribution is 2.25. The first-order valence-electron chi connectivity index (χ1n) is 7.93. The molecular weight excluding hydrogens is 282 g/mol. The number of hydrogen-bond donors (Lipinski definition) is 1. The van der Waals surface area contributed by atoms with Crippen molar-refractivity contribution in [2.45, 2.75) is 26.2 Å². The van der Waals surface area contributed by atoms with Crippen LogP contribution in [0.4, 0.5) is 0 Å². The van der Waals surface area contributed by atoms with Crippen LogP contribution in [0.5, 0.6) is 5.75 Å². The quantitative estimate of drug-likeness (QED) is 0.726. The molecule has 0 bridgehead atoms. The Labute approximate surface area is 137 Å². The topological polar surface area (TPSA) is 33.1 Å².